The largest absolute Gasteiger partial charge is 0.305 e. The van der Waals surface area contributed by atoms with Gasteiger partial charge in [0.15, 0.2) is 5.65 Å². The van der Waals surface area contributed by atoms with Crippen LogP contribution < -0.4 is 4.72 Å². The van der Waals surface area contributed by atoms with Crippen molar-refractivity contribution in [3.63, 3.8) is 0 Å². The quantitative estimate of drug-likeness (QED) is 0.249. The van der Waals surface area contributed by atoms with E-state index in [-0.39, 0.29) is 38.2 Å². The minimum absolute atomic E-state index is 0.00908. The number of fused-ring (bicyclic) bond motifs is 2. The summed E-state index contributed by atoms with van der Waals surface area (Å²) in [5.74, 6) is -0.159. The number of nitrogens with one attached hydrogen (secondary N) is 1. The molecular weight excluding hydrogens is 576 g/mol. The molecule has 2 aromatic heterocycles. The third kappa shape index (κ3) is 4.54. The van der Waals surface area contributed by atoms with Crippen LogP contribution in [0.1, 0.15) is 5.56 Å². The number of nitrogens with zero attached hydrogens (tertiary/aromatic N) is 3. The molecule has 0 aliphatic rings. The summed E-state index contributed by atoms with van der Waals surface area (Å²) < 4.78 is 59.7. The molecule has 0 saturated heterocycles. The van der Waals surface area contributed by atoms with Crippen molar-refractivity contribution in [3.8, 4) is 0 Å². The molecule has 0 aliphatic carbocycles. The van der Waals surface area contributed by atoms with Gasteiger partial charge in [-0.1, -0.05) is 51.8 Å². The van der Waals surface area contributed by atoms with Gasteiger partial charge in [0, 0.05) is 11.0 Å². The average molecular weight is 598 g/mol. The van der Waals surface area contributed by atoms with Crippen molar-refractivity contribution >= 4 is 63.8 Å². The lowest BCUT2D eigenvalue weighted by Gasteiger charge is -2.13. The van der Waals surface area contributed by atoms with Gasteiger partial charge in [0.2, 0.25) is 9.84 Å². The Morgan fingerprint density at radius 1 is 0.892 bits per heavy atom. The lowest BCUT2D eigenvalue weighted by molar-refractivity contribution is 0.596. The van der Waals surface area contributed by atoms with Crippen molar-refractivity contribution in [2.75, 3.05) is 4.72 Å². The van der Waals surface area contributed by atoms with Crippen molar-refractivity contribution in [2.24, 2.45) is 0 Å². The number of aromatic nitrogens is 3. The van der Waals surface area contributed by atoms with E-state index in [0.717, 1.165) is 5.56 Å². The van der Waals surface area contributed by atoms with Crippen molar-refractivity contribution in [1.82, 2.24) is 14.5 Å². The van der Waals surface area contributed by atoms with Crippen LogP contribution in [-0.4, -0.2) is 31.4 Å². The highest BCUT2D eigenvalue weighted by Gasteiger charge is 2.33. The van der Waals surface area contributed by atoms with Gasteiger partial charge < -0.3 is 4.57 Å². The fourth-order valence-electron chi connectivity index (χ4n) is 3.97. The topological polar surface area (TPSA) is 111 Å². The number of hydrogen-bond donors (Lipinski definition) is 1. The molecule has 188 valence electrons. The molecule has 0 radical (unpaired) electrons. The SMILES string of the molecule is C=CCn1c(NS(=O)(=O)c2ccc(Br)cc2)c(S(=O)(=O)c2ccc(C)cc2)c2nc3ccccc3nc21. The molecule has 1 N–H and O–H groups in total. The predicted molar refractivity (Wildman–Crippen MR) is 147 cm³/mol. The predicted octanol–water partition coefficient (Wildman–Crippen LogP) is 5.48. The monoisotopic (exact) mass is 596 g/mol. The Hall–Kier alpha value is -3.54. The Kier molecular flexibility index (Phi) is 6.38. The standard InChI is InChI=1S/C26H21BrN4O4S2/c1-3-16-31-25-23(28-21-6-4-5-7-22(21)29-25)24(36(32,33)19-12-8-17(2)9-13-19)26(31)30-37(34,35)20-14-10-18(27)11-15-20/h3-15,30H,1,16H2,2H3. The second-order valence-corrected chi connectivity index (χ2v) is 12.8. The number of halogens is 1. The van der Waals surface area contributed by atoms with Crippen molar-refractivity contribution in [1.29, 1.82) is 0 Å². The molecule has 8 nitrogen and oxygen atoms in total. The van der Waals surface area contributed by atoms with Gasteiger partial charge in [0.25, 0.3) is 10.0 Å². The lowest BCUT2D eigenvalue weighted by atomic mass is 10.2. The summed E-state index contributed by atoms with van der Waals surface area (Å²) in [6.07, 6.45) is 1.54. The number of sulfonamides is 1. The number of para-hydroxylation sites is 2. The average Bonchev–Trinajstić information content (AvgIpc) is 3.15. The molecule has 2 heterocycles. The molecule has 0 atom stereocenters. The van der Waals surface area contributed by atoms with Crippen LogP contribution in [0.3, 0.4) is 0 Å². The number of allylic oxidation sites excluding steroid dienone is 1. The molecule has 5 aromatic rings. The van der Waals surface area contributed by atoms with Crippen LogP contribution in [0.5, 0.6) is 0 Å². The normalized spacial score (nSPS) is 12.2. The van der Waals surface area contributed by atoms with Crippen molar-refractivity contribution in [3.05, 3.63) is 95.5 Å². The first-order valence-corrected chi connectivity index (χ1v) is 14.9. The molecule has 0 unspecified atom stereocenters. The minimum Gasteiger partial charge on any atom is -0.305 e. The van der Waals surface area contributed by atoms with Gasteiger partial charge in [0.05, 0.1) is 20.8 Å². The highest BCUT2D eigenvalue weighted by atomic mass is 79.9. The van der Waals surface area contributed by atoms with E-state index >= 15 is 0 Å². The van der Waals surface area contributed by atoms with Gasteiger partial charge in [-0.2, -0.15) is 0 Å². The van der Waals surface area contributed by atoms with Gasteiger partial charge >= 0.3 is 0 Å². The molecule has 0 saturated carbocycles. The van der Waals surface area contributed by atoms with Crippen LogP contribution in [-0.2, 0) is 26.4 Å². The van der Waals surface area contributed by atoms with Crippen LogP contribution in [0.2, 0.25) is 0 Å². The zero-order valence-electron chi connectivity index (χ0n) is 19.6. The molecule has 11 heteroatoms. The van der Waals surface area contributed by atoms with E-state index in [1.807, 2.05) is 6.92 Å². The summed E-state index contributed by atoms with van der Waals surface area (Å²) in [5, 5.41) is 0. The Morgan fingerprint density at radius 3 is 2.11 bits per heavy atom. The van der Waals surface area contributed by atoms with E-state index < -0.39 is 19.9 Å². The maximum absolute atomic E-state index is 14.1. The minimum atomic E-state index is -4.23. The molecule has 0 amide bonds. The summed E-state index contributed by atoms with van der Waals surface area (Å²) in [6.45, 7) is 5.71. The molecule has 0 aliphatic heterocycles. The van der Waals surface area contributed by atoms with E-state index in [1.54, 1.807) is 48.5 Å². The Bertz CT molecular complexity index is 1880. The molecule has 0 bridgehead atoms. The summed E-state index contributed by atoms with van der Waals surface area (Å²) >= 11 is 3.30. The fraction of sp³-hybridized carbons (Fsp3) is 0.0769. The number of rotatable bonds is 7. The first-order chi connectivity index (χ1) is 17.6. The van der Waals surface area contributed by atoms with Gasteiger partial charge in [-0.3, -0.25) is 4.72 Å². The zero-order valence-corrected chi connectivity index (χ0v) is 22.8. The summed E-state index contributed by atoms with van der Waals surface area (Å²) in [7, 11) is -8.42. The Labute approximate surface area is 222 Å². The molecule has 5 rings (SSSR count). The van der Waals surface area contributed by atoms with E-state index in [4.69, 9.17) is 0 Å². The maximum atomic E-state index is 14.1. The zero-order chi connectivity index (χ0) is 26.4. The van der Waals surface area contributed by atoms with Crippen molar-refractivity contribution < 1.29 is 16.8 Å². The van der Waals surface area contributed by atoms with Crippen LogP contribution in [0.15, 0.2) is 105 Å². The van der Waals surface area contributed by atoms with Gasteiger partial charge in [-0.25, -0.2) is 26.8 Å². The third-order valence-electron chi connectivity index (χ3n) is 5.77. The number of benzene rings is 3. The number of aryl methyl sites for hydroxylation is 1. The van der Waals surface area contributed by atoms with E-state index in [1.165, 1.54) is 34.9 Å². The first-order valence-electron chi connectivity index (χ1n) is 11.1. The molecule has 0 spiro atoms. The Balaban J connectivity index is 1.86. The molecule has 37 heavy (non-hydrogen) atoms. The highest BCUT2D eigenvalue weighted by Crippen LogP contribution is 2.38. The Morgan fingerprint density at radius 2 is 1.49 bits per heavy atom. The number of anilines is 1. The third-order valence-corrected chi connectivity index (χ3v) is 9.47. The number of sulfone groups is 1. The van der Waals surface area contributed by atoms with E-state index in [9.17, 15) is 16.8 Å². The number of hydrogen-bond acceptors (Lipinski definition) is 6. The van der Waals surface area contributed by atoms with Gasteiger partial charge in [-0.05, 0) is 55.5 Å². The van der Waals surface area contributed by atoms with Crippen LogP contribution in [0.4, 0.5) is 5.82 Å². The molecule has 3 aromatic carbocycles. The lowest BCUT2D eigenvalue weighted by Crippen LogP contribution is -2.18. The smallest absolute Gasteiger partial charge is 0.263 e. The molecule has 0 fully saturated rings. The van der Waals surface area contributed by atoms with Crippen LogP contribution in [0, 0.1) is 6.92 Å². The van der Waals surface area contributed by atoms with Gasteiger partial charge in [-0.15, -0.1) is 6.58 Å². The summed E-state index contributed by atoms with van der Waals surface area (Å²) in [6, 6.07) is 19.4. The van der Waals surface area contributed by atoms with Crippen LogP contribution in [0.25, 0.3) is 22.2 Å². The summed E-state index contributed by atoms with van der Waals surface area (Å²) in [4.78, 5) is 8.99. The van der Waals surface area contributed by atoms with Crippen molar-refractivity contribution in [2.45, 2.75) is 28.2 Å². The fourth-order valence-corrected chi connectivity index (χ4v) is 6.92. The van der Waals surface area contributed by atoms with E-state index in [0.29, 0.717) is 15.5 Å². The maximum Gasteiger partial charge on any atom is 0.263 e. The second-order valence-electron chi connectivity index (χ2n) is 8.34. The van der Waals surface area contributed by atoms with E-state index in [2.05, 4.69) is 37.2 Å². The summed E-state index contributed by atoms with van der Waals surface area (Å²) in [5.41, 5.74) is 2.19. The van der Waals surface area contributed by atoms with Crippen LogP contribution >= 0.6 is 15.9 Å². The van der Waals surface area contributed by atoms with Gasteiger partial charge in [0.1, 0.15) is 16.2 Å². The second kappa shape index (κ2) is 9.40. The molecular formula is C26H21BrN4O4S2. The first kappa shape index (κ1) is 25.1. The highest BCUT2D eigenvalue weighted by molar-refractivity contribution is 9.10.